The van der Waals surface area contributed by atoms with Crippen LogP contribution in [0.4, 0.5) is 0 Å². The van der Waals surface area contributed by atoms with Crippen LogP contribution in [0, 0.1) is 0 Å². The van der Waals surface area contributed by atoms with Crippen molar-refractivity contribution >= 4 is 5.91 Å². The number of morpholine rings is 1. The Hall–Kier alpha value is -2.37. The van der Waals surface area contributed by atoms with Gasteiger partial charge in [-0.3, -0.25) is 4.79 Å². The zero-order valence-corrected chi connectivity index (χ0v) is 16.5. The van der Waals surface area contributed by atoms with Gasteiger partial charge in [-0.25, -0.2) is 0 Å². The van der Waals surface area contributed by atoms with Crippen molar-refractivity contribution in [2.45, 2.75) is 25.0 Å². The first-order valence-electron chi connectivity index (χ1n) is 10.0. The number of para-hydroxylation sites is 1. The summed E-state index contributed by atoms with van der Waals surface area (Å²) in [6.45, 7) is 4.75. The van der Waals surface area contributed by atoms with Crippen molar-refractivity contribution < 1.29 is 14.3 Å². The molecule has 5 heteroatoms. The van der Waals surface area contributed by atoms with Crippen LogP contribution in [0.15, 0.2) is 54.6 Å². The maximum Gasteiger partial charge on any atom is 0.253 e. The van der Waals surface area contributed by atoms with Crippen LogP contribution >= 0.6 is 0 Å². The predicted molar refractivity (Wildman–Crippen MR) is 109 cm³/mol. The molecule has 0 atom stereocenters. The number of carbonyl (C=O) groups is 1. The molecule has 2 aliphatic heterocycles. The van der Waals surface area contributed by atoms with E-state index in [2.05, 4.69) is 11.9 Å². The number of hydrogen-bond donors (Lipinski definition) is 0. The fourth-order valence-electron chi connectivity index (χ4n) is 4.06. The molecule has 2 saturated heterocycles. The second-order valence-corrected chi connectivity index (χ2v) is 7.86. The molecule has 0 radical (unpaired) electrons. The summed E-state index contributed by atoms with van der Waals surface area (Å²) in [5.41, 5.74) is 1.72. The molecule has 0 saturated carbocycles. The average molecular weight is 380 g/mol. The van der Waals surface area contributed by atoms with Crippen molar-refractivity contribution in [2.75, 3.05) is 39.8 Å². The fraction of sp³-hybridized carbons (Fsp3) is 0.435. The molecule has 0 N–H and O–H groups in total. The lowest BCUT2D eigenvalue weighted by Gasteiger charge is -2.46. The van der Waals surface area contributed by atoms with Gasteiger partial charge in [-0.15, -0.1) is 0 Å². The van der Waals surface area contributed by atoms with Crippen molar-refractivity contribution in [1.29, 1.82) is 0 Å². The summed E-state index contributed by atoms with van der Waals surface area (Å²) in [7, 11) is 2.14. The lowest BCUT2D eigenvalue weighted by atomic mass is 9.89. The SMILES string of the molecule is CN1CCOC2(CCN(C(=O)c3ccc(COc4ccccc4)cc3)CC2)C1. The Bertz CT molecular complexity index is 783. The maximum atomic E-state index is 12.9. The second kappa shape index (κ2) is 8.33. The first-order valence-corrected chi connectivity index (χ1v) is 10.0. The van der Waals surface area contributed by atoms with Crippen molar-refractivity contribution in [1.82, 2.24) is 9.80 Å². The van der Waals surface area contributed by atoms with E-state index >= 15 is 0 Å². The molecule has 148 valence electrons. The number of amides is 1. The minimum Gasteiger partial charge on any atom is -0.489 e. The summed E-state index contributed by atoms with van der Waals surface area (Å²) >= 11 is 0. The van der Waals surface area contributed by atoms with E-state index < -0.39 is 0 Å². The Labute approximate surface area is 166 Å². The summed E-state index contributed by atoms with van der Waals surface area (Å²) < 4.78 is 11.9. The summed E-state index contributed by atoms with van der Waals surface area (Å²) in [4.78, 5) is 17.2. The van der Waals surface area contributed by atoms with Gasteiger partial charge in [-0.2, -0.15) is 0 Å². The highest BCUT2D eigenvalue weighted by Gasteiger charge is 2.39. The number of piperidine rings is 1. The molecular formula is C23H28N2O3. The Morgan fingerprint density at radius 1 is 1.04 bits per heavy atom. The standard InChI is InChI=1S/C23H28N2O3/c1-24-15-16-28-23(18-24)11-13-25(14-12-23)22(26)20-9-7-19(8-10-20)17-27-21-5-3-2-4-6-21/h2-10H,11-18H2,1H3. The minimum atomic E-state index is -0.0670. The summed E-state index contributed by atoms with van der Waals surface area (Å²) in [5.74, 6) is 0.954. The summed E-state index contributed by atoms with van der Waals surface area (Å²) in [6, 6.07) is 17.5. The molecule has 2 aromatic carbocycles. The molecule has 2 fully saturated rings. The molecular weight excluding hydrogens is 352 g/mol. The van der Waals surface area contributed by atoms with E-state index in [4.69, 9.17) is 9.47 Å². The van der Waals surface area contributed by atoms with Gasteiger partial charge in [-0.1, -0.05) is 30.3 Å². The molecule has 0 aliphatic carbocycles. The number of rotatable bonds is 4. The number of ether oxygens (including phenoxy) is 2. The van der Waals surface area contributed by atoms with Gasteiger partial charge in [0.05, 0.1) is 12.2 Å². The molecule has 2 heterocycles. The van der Waals surface area contributed by atoms with Crippen molar-refractivity contribution in [3.05, 3.63) is 65.7 Å². The second-order valence-electron chi connectivity index (χ2n) is 7.86. The monoisotopic (exact) mass is 380 g/mol. The Morgan fingerprint density at radius 2 is 1.75 bits per heavy atom. The number of likely N-dealkylation sites (N-methyl/N-ethyl adjacent to an activating group) is 1. The number of likely N-dealkylation sites (tertiary alicyclic amines) is 1. The molecule has 0 unspecified atom stereocenters. The maximum absolute atomic E-state index is 12.9. The van der Waals surface area contributed by atoms with Crippen LogP contribution < -0.4 is 4.74 Å². The minimum absolute atomic E-state index is 0.0670. The third-order valence-electron chi connectivity index (χ3n) is 5.75. The zero-order chi connectivity index (χ0) is 19.4. The molecule has 5 nitrogen and oxygen atoms in total. The Kier molecular flexibility index (Phi) is 5.64. The number of hydrogen-bond acceptors (Lipinski definition) is 4. The Balaban J connectivity index is 1.31. The largest absolute Gasteiger partial charge is 0.489 e. The average Bonchev–Trinajstić information content (AvgIpc) is 2.73. The molecule has 2 aromatic rings. The molecule has 1 amide bonds. The third kappa shape index (κ3) is 4.37. The van der Waals surface area contributed by atoms with Gasteiger partial charge in [0.25, 0.3) is 5.91 Å². The van der Waals surface area contributed by atoms with Crippen molar-refractivity contribution in [2.24, 2.45) is 0 Å². The zero-order valence-electron chi connectivity index (χ0n) is 16.5. The quantitative estimate of drug-likeness (QED) is 0.817. The van der Waals surface area contributed by atoms with E-state index in [1.807, 2.05) is 59.5 Å². The highest BCUT2D eigenvalue weighted by Crippen LogP contribution is 2.30. The Morgan fingerprint density at radius 3 is 2.43 bits per heavy atom. The topological polar surface area (TPSA) is 42.0 Å². The lowest BCUT2D eigenvalue weighted by molar-refractivity contribution is -0.127. The lowest BCUT2D eigenvalue weighted by Crippen LogP contribution is -2.56. The highest BCUT2D eigenvalue weighted by molar-refractivity contribution is 5.94. The molecule has 0 bridgehead atoms. The molecule has 1 spiro atoms. The first-order chi connectivity index (χ1) is 13.6. The van der Waals surface area contributed by atoms with Gasteiger partial charge in [0.15, 0.2) is 0 Å². The smallest absolute Gasteiger partial charge is 0.253 e. The van der Waals surface area contributed by atoms with Crippen LogP contribution in [-0.2, 0) is 11.3 Å². The number of nitrogens with zero attached hydrogens (tertiary/aromatic N) is 2. The van der Waals surface area contributed by atoms with Gasteiger partial charge in [0, 0.05) is 31.7 Å². The van der Waals surface area contributed by atoms with Crippen molar-refractivity contribution in [3.8, 4) is 5.75 Å². The molecule has 2 aliphatic rings. The highest BCUT2D eigenvalue weighted by atomic mass is 16.5. The number of carbonyl (C=O) groups excluding carboxylic acids is 1. The normalized spacial score (nSPS) is 19.5. The van der Waals surface area contributed by atoms with Gasteiger partial charge >= 0.3 is 0 Å². The van der Waals surface area contributed by atoms with Crippen LogP contribution in [-0.4, -0.2) is 61.1 Å². The van der Waals surface area contributed by atoms with Crippen LogP contribution in [0.5, 0.6) is 5.75 Å². The van der Waals surface area contributed by atoms with Gasteiger partial charge in [0.2, 0.25) is 0 Å². The van der Waals surface area contributed by atoms with Gasteiger partial charge in [0.1, 0.15) is 12.4 Å². The van der Waals surface area contributed by atoms with Gasteiger partial charge < -0.3 is 19.3 Å². The first kappa shape index (κ1) is 19.0. The summed E-state index contributed by atoms with van der Waals surface area (Å²) in [6.07, 6.45) is 1.82. The van der Waals surface area contributed by atoms with Crippen LogP contribution in [0.3, 0.4) is 0 Å². The van der Waals surface area contributed by atoms with Gasteiger partial charge in [-0.05, 0) is 49.7 Å². The van der Waals surface area contributed by atoms with E-state index in [0.717, 1.165) is 62.5 Å². The predicted octanol–water partition coefficient (Wildman–Crippen LogP) is 3.20. The third-order valence-corrected chi connectivity index (χ3v) is 5.75. The molecule has 0 aromatic heterocycles. The van der Waals surface area contributed by atoms with Crippen LogP contribution in [0.2, 0.25) is 0 Å². The number of benzene rings is 2. The van der Waals surface area contributed by atoms with E-state index in [1.165, 1.54) is 0 Å². The fourth-order valence-corrected chi connectivity index (χ4v) is 4.06. The summed E-state index contributed by atoms with van der Waals surface area (Å²) in [5, 5.41) is 0. The molecule has 4 rings (SSSR count). The molecule has 28 heavy (non-hydrogen) atoms. The van der Waals surface area contributed by atoms with E-state index in [9.17, 15) is 4.79 Å². The van der Waals surface area contributed by atoms with Crippen LogP contribution in [0.25, 0.3) is 0 Å². The van der Waals surface area contributed by atoms with E-state index in [1.54, 1.807) is 0 Å². The van der Waals surface area contributed by atoms with E-state index in [0.29, 0.717) is 6.61 Å². The van der Waals surface area contributed by atoms with E-state index in [-0.39, 0.29) is 11.5 Å². The van der Waals surface area contributed by atoms with Crippen molar-refractivity contribution in [3.63, 3.8) is 0 Å². The van der Waals surface area contributed by atoms with Crippen LogP contribution in [0.1, 0.15) is 28.8 Å².